The Morgan fingerprint density at radius 2 is 1.62 bits per heavy atom. The van der Waals surface area contributed by atoms with E-state index in [1.165, 1.54) is 11.3 Å². The number of benzene rings is 2. The highest BCUT2D eigenvalue weighted by Gasteiger charge is 2.34. The molecule has 158 valence electrons. The molecule has 2 aromatic rings. The SMILES string of the molecule is COc1cc(C(O)CC[N+]2(c3ccccc3C)CCNCC2)cc(OC)c1OC. The number of piperazine rings is 1. The number of nitrogens with one attached hydrogen (secondary N) is 1. The summed E-state index contributed by atoms with van der Waals surface area (Å²) in [6.07, 6.45) is 0.0325. The number of ether oxygens (including phenoxy) is 3. The number of aliphatic hydroxyl groups is 1. The van der Waals surface area contributed by atoms with Gasteiger partial charge in [-0.15, -0.1) is 0 Å². The van der Waals surface area contributed by atoms with E-state index in [0.29, 0.717) is 23.7 Å². The predicted molar refractivity (Wildman–Crippen MR) is 116 cm³/mol. The quantitative estimate of drug-likeness (QED) is 0.666. The number of hydrogen-bond acceptors (Lipinski definition) is 5. The molecule has 0 aromatic heterocycles. The summed E-state index contributed by atoms with van der Waals surface area (Å²) >= 11 is 0. The molecule has 1 fully saturated rings. The van der Waals surface area contributed by atoms with Crippen LogP contribution in [0.3, 0.4) is 0 Å². The number of aliphatic hydroxyl groups excluding tert-OH is 1. The largest absolute Gasteiger partial charge is 0.493 e. The van der Waals surface area contributed by atoms with Gasteiger partial charge in [0.15, 0.2) is 11.5 Å². The minimum Gasteiger partial charge on any atom is -0.493 e. The predicted octanol–water partition coefficient (Wildman–Crippen LogP) is 3.06. The van der Waals surface area contributed by atoms with E-state index in [2.05, 4.69) is 36.5 Å². The summed E-state index contributed by atoms with van der Waals surface area (Å²) in [4.78, 5) is 0. The smallest absolute Gasteiger partial charge is 0.203 e. The summed E-state index contributed by atoms with van der Waals surface area (Å²) in [5.41, 5.74) is 3.43. The molecule has 6 heteroatoms. The first-order chi connectivity index (χ1) is 14.0. The van der Waals surface area contributed by atoms with Crippen LogP contribution in [0.2, 0.25) is 0 Å². The second kappa shape index (κ2) is 9.48. The Morgan fingerprint density at radius 1 is 1.00 bits per heavy atom. The highest BCUT2D eigenvalue weighted by atomic mass is 16.5. The van der Waals surface area contributed by atoms with Crippen LogP contribution in [-0.2, 0) is 0 Å². The summed E-state index contributed by atoms with van der Waals surface area (Å²) in [6, 6.07) is 12.3. The van der Waals surface area contributed by atoms with Crippen molar-refractivity contribution in [3.8, 4) is 17.2 Å². The van der Waals surface area contributed by atoms with Crippen molar-refractivity contribution in [3.05, 3.63) is 47.5 Å². The van der Waals surface area contributed by atoms with Crippen LogP contribution in [-0.4, -0.2) is 59.2 Å². The average molecular weight is 402 g/mol. The third-order valence-electron chi connectivity index (χ3n) is 5.96. The summed E-state index contributed by atoms with van der Waals surface area (Å²) in [5, 5.41) is 14.5. The number of hydrogen-bond donors (Lipinski definition) is 2. The third-order valence-corrected chi connectivity index (χ3v) is 5.96. The van der Waals surface area contributed by atoms with Crippen LogP contribution in [0, 0.1) is 6.92 Å². The first kappa shape index (κ1) is 21.4. The van der Waals surface area contributed by atoms with E-state index in [1.54, 1.807) is 21.3 Å². The Balaban J connectivity index is 1.84. The Hall–Kier alpha value is -2.28. The third kappa shape index (κ3) is 4.50. The molecular formula is C23H33N2O4+. The summed E-state index contributed by atoms with van der Waals surface area (Å²) in [6.45, 7) is 7.04. The fourth-order valence-electron chi connectivity index (χ4n) is 4.33. The van der Waals surface area contributed by atoms with Crippen LogP contribution in [0.1, 0.15) is 23.7 Å². The number of quaternary nitrogens is 1. The van der Waals surface area contributed by atoms with Gasteiger partial charge in [-0.25, -0.2) is 0 Å². The lowest BCUT2D eigenvalue weighted by molar-refractivity contribution is 0.137. The number of para-hydroxylation sites is 1. The van der Waals surface area contributed by atoms with E-state index in [4.69, 9.17) is 14.2 Å². The molecule has 1 unspecified atom stereocenters. The van der Waals surface area contributed by atoms with Gasteiger partial charge in [-0.3, -0.25) is 4.48 Å². The zero-order chi connectivity index (χ0) is 20.9. The first-order valence-electron chi connectivity index (χ1n) is 10.2. The molecule has 1 saturated heterocycles. The van der Waals surface area contributed by atoms with Crippen LogP contribution in [0.4, 0.5) is 5.69 Å². The van der Waals surface area contributed by atoms with Crippen LogP contribution < -0.4 is 24.0 Å². The maximum atomic E-state index is 11.0. The van der Waals surface area contributed by atoms with Crippen molar-refractivity contribution in [1.82, 2.24) is 9.80 Å². The van der Waals surface area contributed by atoms with Gasteiger partial charge in [0, 0.05) is 25.1 Å². The Kier molecular flexibility index (Phi) is 7.00. The molecule has 0 bridgehead atoms. The highest BCUT2D eigenvalue weighted by Crippen LogP contribution is 2.40. The molecule has 1 atom stereocenters. The van der Waals surface area contributed by atoms with Gasteiger partial charge >= 0.3 is 0 Å². The van der Waals surface area contributed by atoms with E-state index in [9.17, 15) is 5.11 Å². The van der Waals surface area contributed by atoms with Crippen LogP contribution in [0.15, 0.2) is 36.4 Å². The highest BCUT2D eigenvalue weighted by molar-refractivity contribution is 5.54. The van der Waals surface area contributed by atoms with Crippen molar-refractivity contribution < 1.29 is 19.3 Å². The average Bonchev–Trinajstić information content (AvgIpc) is 2.77. The molecule has 0 spiro atoms. The lowest BCUT2D eigenvalue weighted by Crippen LogP contribution is -2.60. The lowest BCUT2D eigenvalue weighted by atomic mass is 10.0. The Bertz CT molecular complexity index is 793. The first-order valence-corrected chi connectivity index (χ1v) is 10.2. The molecule has 2 aromatic carbocycles. The minimum absolute atomic E-state index is 0.538. The fraction of sp³-hybridized carbons (Fsp3) is 0.478. The molecule has 0 radical (unpaired) electrons. The molecule has 6 nitrogen and oxygen atoms in total. The maximum absolute atomic E-state index is 11.0. The van der Waals surface area contributed by atoms with Crippen LogP contribution in [0.5, 0.6) is 17.2 Å². The second-order valence-corrected chi connectivity index (χ2v) is 7.62. The van der Waals surface area contributed by atoms with Gasteiger partial charge in [0.25, 0.3) is 0 Å². The van der Waals surface area contributed by atoms with Gasteiger partial charge in [-0.05, 0) is 30.7 Å². The van der Waals surface area contributed by atoms with Gasteiger partial charge in [0.05, 0.1) is 47.1 Å². The van der Waals surface area contributed by atoms with Gasteiger partial charge in [0.2, 0.25) is 5.75 Å². The van der Waals surface area contributed by atoms with Crippen LogP contribution in [0.25, 0.3) is 0 Å². The zero-order valence-electron chi connectivity index (χ0n) is 17.9. The molecule has 1 aliphatic rings. The molecule has 1 heterocycles. The standard InChI is InChI=1S/C23H33N2O4/c1-17-7-5-6-8-19(17)25(13-10-24-11-14-25)12-9-20(26)18-15-21(27-2)23(29-4)22(16-18)28-3/h5-8,15-16,20,24,26H,9-14H2,1-4H3/q+1. The Morgan fingerprint density at radius 3 is 2.17 bits per heavy atom. The van der Waals surface area contributed by atoms with Crippen molar-refractivity contribution in [2.75, 3.05) is 54.1 Å². The summed E-state index contributed by atoms with van der Waals surface area (Å²) < 4.78 is 17.2. The molecule has 29 heavy (non-hydrogen) atoms. The summed E-state index contributed by atoms with van der Waals surface area (Å²) in [7, 11) is 4.76. The van der Waals surface area contributed by atoms with Crippen molar-refractivity contribution in [1.29, 1.82) is 0 Å². The van der Waals surface area contributed by atoms with Gasteiger partial charge < -0.3 is 24.6 Å². The van der Waals surface area contributed by atoms with Crippen molar-refractivity contribution in [2.24, 2.45) is 0 Å². The monoisotopic (exact) mass is 401 g/mol. The van der Waals surface area contributed by atoms with E-state index < -0.39 is 6.10 Å². The van der Waals surface area contributed by atoms with Crippen molar-refractivity contribution in [3.63, 3.8) is 0 Å². The lowest BCUT2D eigenvalue weighted by Gasteiger charge is -2.42. The molecule has 0 saturated carbocycles. The molecular weight excluding hydrogens is 368 g/mol. The molecule has 0 amide bonds. The van der Waals surface area contributed by atoms with Gasteiger partial charge in [-0.2, -0.15) is 0 Å². The number of methoxy groups -OCH3 is 3. The number of aryl methyl sites for hydroxylation is 1. The normalized spacial score (nSPS) is 16.9. The van der Waals surface area contributed by atoms with E-state index >= 15 is 0 Å². The van der Waals surface area contributed by atoms with Gasteiger partial charge in [0.1, 0.15) is 5.69 Å². The fourth-order valence-corrected chi connectivity index (χ4v) is 4.33. The number of nitrogens with zero attached hydrogens (tertiary/aromatic N) is 1. The molecule has 0 aliphatic carbocycles. The topological polar surface area (TPSA) is 60.0 Å². The molecule has 2 N–H and O–H groups in total. The summed E-state index contributed by atoms with van der Waals surface area (Å²) in [5.74, 6) is 1.66. The molecule has 3 rings (SSSR count). The zero-order valence-corrected chi connectivity index (χ0v) is 17.9. The van der Waals surface area contributed by atoms with Crippen LogP contribution >= 0.6 is 0 Å². The van der Waals surface area contributed by atoms with Gasteiger partial charge in [-0.1, -0.05) is 18.2 Å². The number of rotatable bonds is 8. The van der Waals surface area contributed by atoms with Crippen molar-refractivity contribution in [2.45, 2.75) is 19.4 Å². The van der Waals surface area contributed by atoms with E-state index in [1.807, 2.05) is 12.1 Å². The van der Waals surface area contributed by atoms with Crippen molar-refractivity contribution >= 4 is 5.69 Å². The second-order valence-electron chi connectivity index (χ2n) is 7.62. The maximum Gasteiger partial charge on any atom is 0.203 e. The Labute approximate surface area is 173 Å². The van der Waals surface area contributed by atoms with E-state index in [-0.39, 0.29) is 0 Å². The minimum atomic E-state index is -0.613. The van der Waals surface area contributed by atoms with E-state index in [0.717, 1.165) is 42.8 Å². The molecule has 1 aliphatic heterocycles.